The summed E-state index contributed by atoms with van der Waals surface area (Å²) < 4.78 is 41.4. The van der Waals surface area contributed by atoms with Crippen LogP contribution in [0, 0.1) is 5.92 Å². The number of sulfonamides is 1. The molecule has 5 rings (SSSR count). The van der Waals surface area contributed by atoms with E-state index < -0.39 is 28.3 Å². The molecule has 2 heterocycles. The Morgan fingerprint density at radius 1 is 0.909 bits per heavy atom. The molecule has 228 valence electrons. The van der Waals surface area contributed by atoms with Crippen LogP contribution in [0.25, 0.3) is 21.8 Å². The van der Waals surface area contributed by atoms with E-state index in [4.69, 9.17) is 15.2 Å². The van der Waals surface area contributed by atoms with E-state index >= 15 is 0 Å². The highest BCUT2D eigenvalue weighted by Crippen LogP contribution is 2.29. The zero-order valence-electron chi connectivity index (χ0n) is 24.7. The molecule has 0 aliphatic heterocycles. The highest BCUT2D eigenvalue weighted by atomic mass is 32.2. The van der Waals surface area contributed by atoms with E-state index in [1.165, 1.54) is 6.92 Å². The Kier molecular flexibility index (Phi) is 8.98. The molecule has 0 aliphatic carbocycles. The van der Waals surface area contributed by atoms with E-state index in [0.717, 1.165) is 16.3 Å². The van der Waals surface area contributed by atoms with E-state index in [9.17, 15) is 18.0 Å². The Labute approximate surface area is 255 Å². The smallest absolute Gasteiger partial charge is 0.358 e. The summed E-state index contributed by atoms with van der Waals surface area (Å²) in [5.41, 5.74) is 9.00. The molecule has 0 radical (unpaired) electrons. The average Bonchev–Trinajstić information content (AvgIpc) is 3.34. The van der Waals surface area contributed by atoms with Gasteiger partial charge in [0.1, 0.15) is 11.3 Å². The van der Waals surface area contributed by atoms with Gasteiger partial charge in [0, 0.05) is 24.5 Å². The van der Waals surface area contributed by atoms with E-state index in [1.807, 2.05) is 36.4 Å². The molecule has 0 aliphatic rings. The molecule has 0 saturated carbocycles. The molecule has 1 atom stereocenters. The van der Waals surface area contributed by atoms with Crippen molar-refractivity contribution in [2.45, 2.75) is 45.9 Å². The molecule has 11 heteroatoms. The third-order valence-electron chi connectivity index (χ3n) is 7.00. The maximum Gasteiger partial charge on any atom is 0.358 e. The topological polar surface area (TPSA) is 143 Å². The van der Waals surface area contributed by atoms with Crippen molar-refractivity contribution in [1.29, 1.82) is 0 Å². The Balaban J connectivity index is 1.54. The van der Waals surface area contributed by atoms with Gasteiger partial charge in [0.15, 0.2) is 0 Å². The number of rotatable bonds is 11. The summed E-state index contributed by atoms with van der Waals surface area (Å²) in [4.78, 5) is 30.2. The van der Waals surface area contributed by atoms with E-state index in [-0.39, 0.29) is 30.5 Å². The zero-order valence-corrected chi connectivity index (χ0v) is 25.5. The van der Waals surface area contributed by atoms with Gasteiger partial charge in [0.05, 0.1) is 23.9 Å². The van der Waals surface area contributed by atoms with Crippen LogP contribution in [0.5, 0.6) is 0 Å². The number of aromatic nitrogens is 2. The molecule has 0 saturated heterocycles. The van der Waals surface area contributed by atoms with Crippen LogP contribution >= 0.6 is 0 Å². The zero-order chi connectivity index (χ0) is 31.4. The second-order valence-corrected chi connectivity index (χ2v) is 12.5. The number of benzene rings is 3. The van der Waals surface area contributed by atoms with Crippen molar-refractivity contribution in [3.05, 3.63) is 107 Å². The SMILES string of the molecule is CC(C)C(=O)O[C@H](C)OC(=O)c1cc2ccc(CN)nc2n1Cc1cc(NS(=O)(=O)Cc2ccccc2)cc2ccccc12. The molecule has 0 unspecified atom stereocenters. The van der Waals surface area contributed by atoms with Crippen LogP contribution in [-0.4, -0.2) is 36.2 Å². The summed E-state index contributed by atoms with van der Waals surface area (Å²) in [6, 6.07) is 25.3. The molecule has 10 nitrogen and oxygen atoms in total. The number of fused-ring (bicyclic) bond motifs is 2. The molecule has 5 aromatic rings. The molecule has 2 aromatic heterocycles. The quantitative estimate of drug-likeness (QED) is 0.150. The van der Waals surface area contributed by atoms with Crippen molar-refractivity contribution in [2.24, 2.45) is 11.7 Å². The number of nitrogens with two attached hydrogens (primary N) is 1. The van der Waals surface area contributed by atoms with Gasteiger partial charge in [-0.15, -0.1) is 0 Å². The number of nitrogens with one attached hydrogen (secondary N) is 1. The fourth-order valence-electron chi connectivity index (χ4n) is 4.90. The van der Waals surface area contributed by atoms with Gasteiger partial charge < -0.3 is 19.8 Å². The first kappa shape index (κ1) is 30.7. The lowest BCUT2D eigenvalue weighted by Crippen LogP contribution is -2.25. The first-order valence-corrected chi connectivity index (χ1v) is 15.8. The lowest BCUT2D eigenvalue weighted by atomic mass is 10.0. The molecule has 0 fully saturated rings. The molecule has 3 aromatic carbocycles. The number of hydrogen-bond donors (Lipinski definition) is 2. The Morgan fingerprint density at radius 3 is 2.36 bits per heavy atom. The minimum absolute atomic E-state index is 0.157. The van der Waals surface area contributed by atoms with Crippen LogP contribution in [-0.2, 0) is 43.1 Å². The average molecular weight is 615 g/mol. The summed E-state index contributed by atoms with van der Waals surface area (Å²) in [6.07, 6.45) is -1.11. The first-order chi connectivity index (χ1) is 21.0. The molecule has 0 bridgehead atoms. The number of carbonyl (C=O) groups is 2. The van der Waals surface area contributed by atoms with Crippen LogP contribution < -0.4 is 10.5 Å². The second-order valence-electron chi connectivity index (χ2n) is 10.8. The number of ether oxygens (including phenoxy) is 2. The summed E-state index contributed by atoms with van der Waals surface area (Å²) in [5, 5.41) is 2.37. The maximum absolute atomic E-state index is 13.5. The molecule has 3 N–H and O–H groups in total. The lowest BCUT2D eigenvalue weighted by molar-refractivity contribution is -0.169. The summed E-state index contributed by atoms with van der Waals surface area (Å²) in [5.74, 6) is -1.75. The van der Waals surface area contributed by atoms with Gasteiger partial charge in [-0.05, 0) is 52.2 Å². The minimum atomic E-state index is -3.73. The van der Waals surface area contributed by atoms with E-state index in [0.29, 0.717) is 28.0 Å². The van der Waals surface area contributed by atoms with Crippen molar-refractivity contribution in [3.63, 3.8) is 0 Å². The highest BCUT2D eigenvalue weighted by Gasteiger charge is 2.23. The van der Waals surface area contributed by atoms with Crippen LogP contribution in [0.1, 0.15) is 48.1 Å². The van der Waals surface area contributed by atoms with Crippen molar-refractivity contribution in [1.82, 2.24) is 9.55 Å². The lowest BCUT2D eigenvalue weighted by Gasteiger charge is -2.17. The van der Waals surface area contributed by atoms with Gasteiger partial charge in [-0.3, -0.25) is 9.52 Å². The fourth-order valence-corrected chi connectivity index (χ4v) is 6.08. The molecule has 0 amide bonds. The van der Waals surface area contributed by atoms with Crippen LogP contribution in [0.4, 0.5) is 5.69 Å². The third kappa shape index (κ3) is 7.07. The van der Waals surface area contributed by atoms with Gasteiger partial charge in [-0.1, -0.05) is 68.4 Å². The van der Waals surface area contributed by atoms with Gasteiger partial charge in [0.25, 0.3) is 0 Å². The molecular formula is C33H34N4O6S. The monoisotopic (exact) mass is 614 g/mol. The van der Waals surface area contributed by atoms with Crippen LogP contribution in [0.2, 0.25) is 0 Å². The second kappa shape index (κ2) is 12.9. The van der Waals surface area contributed by atoms with Crippen LogP contribution in [0.3, 0.4) is 0 Å². The summed E-state index contributed by atoms with van der Waals surface area (Å²) in [6.45, 7) is 5.22. The van der Waals surface area contributed by atoms with Crippen molar-refractivity contribution in [3.8, 4) is 0 Å². The van der Waals surface area contributed by atoms with E-state index in [2.05, 4.69) is 9.71 Å². The maximum atomic E-state index is 13.5. The van der Waals surface area contributed by atoms with Crippen molar-refractivity contribution < 1.29 is 27.5 Å². The predicted molar refractivity (Wildman–Crippen MR) is 169 cm³/mol. The number of carbonyl (C=O) groups excluding carboxylic acids is 2. The van der Waals surface area contributed by atoms with Gasteiger partial charge in [-0.2, -0.15) is 0 Å². The molecular weight excluding hydrogens is 580 g/mol. The minimum Gasteiger partial charge on any atom is -0.425 e. The van der Waals surface area contributed by atoms with Crippen molar-refractivity contribution in [2.75, 3.05) is 4.72 Å². The normalized spacial score (nSPS) is 12.4. The highest BCUT2D eigenvalue weighted by molar-refractivity contribution is 7.91. The Hall–Kier alpha value is -4.74. The van der Waals surface area contributed by atoms with Gasteiger partial charge in [0.2, 0.25) is 16.3 Å². The first-order valence-electron chi connectivity index (χ1n) is 14.2. The summed E-state index contributed by atoms with van der Waals surface area (Å²) >= 11 is 0. The summed E-state index contributed by atoms with van der Waals surface area (Å²) in [7, 11) is -3.73. The Bertz CT molecular complexity index is 1940. The number of pyridine rings is 1. The molecule has 44 heavy (non-hydrogen) atoms. The Morgan fingerprint density at radius 2 is 1.64 bits per heavy atom. The van der Waals surface area contributed by atoms with Crippen LogP contribution in [0.15, 0.2) is 84.9 Å². The predicted octanol–water partition coefficient (Wildman–Crippen LogP) is 5.34. The standard InChI is InChI=1S/C33H34N4O6S/c1-21(2)32(38)42-22(3)43-33(39)30-17-25-13-14-27(18-34)35-31(25)37(30)19-26-16-28(15-24-11-7-8-12-29(24)26)36-44(40,41)20-23-9-5-4-6-10-23/h4-17,21-22,36H,18-20,34H2,1-3H3/t22-/m0/s1. The number of anilines is 1. The van der Waals surface area contributed by atoms with Gasteiger partial charge in [-0.25, -0.2) is 18.2 Å². The fraction of sp³-hybridized carbons (Fsp3) is 0.242. The van der Waals surface area contributed by atoms with Gasteiger partial charge >= 0.3 is 11.9 Å². The largest absolute Gasteiger partial charge is 0.425 e. The molecule has 0 spiro atoms. The number of esters is 2. The number of nitrogens with zero attached hydrogens (tertiary/aromatic N) is 2. The third-order valence-corrected chi connectivity index (χ3v) is 8.26. The van der Waals surface area contributed by atoms with E-state index in [1.54, 1.807) is 66.9 Å². The van der Waals surface area contributed by atoms with Crippen molar-refractivity contribution >= 4 is 49.5 Å². The number of hydrogen-bond acceptors (Lipinski definition) is 8.